The van der Waals surface area contributed by atoms with E-state index in [0.717, 1.165) is 21.3 Å². The molecule has 0 aliphatic heterocycles. The van der Waals surface area contributed by atoms with Gasteiger partial charge in [0.1, 0.15) is 12.4 Å². The van der Waals surface area contributed by atoms with Crippen molar-refractivity contribution in [3.05, 3.63) is 27.7 Å². The molecule has 0 unspecified atom stereocenters. The minimum absolute atomic E-state index is 0.269. The molecule has 0 saturated carbocycles. The molecule has 0 aliphatic carbocycles. The fourth-order valence-electron chi connectivity index (χ4n) is 1.42. The number of aryl methyl sites for hydroxylation is 1. The van der Waals surface area contributed by atoms with Crippen LogP contribution in [0.15, 0.2) is 16.6 Å². The molecular formula is C12H15BrO4. The number of carboxylic acids is 1. The van der Waals surface area contributed by atoms with Crippen molar-refractivity contribution in [2.75, 3.05) is 20.3 Å². The first-order valence-corrected chi connectivity index (χ1v) is 5.96. The lowest BCUT2D eigenvalue weighted by atomic mass is 10.1. The van der Waals surface area contributed by atoms with Crippen LogP contribution in [0, 0.1) is 6.92 Å². The van der Waals surface area contributed by atoms with Gasteiger partial charge in [0.2, 0.25) is 0 Å². The Morgan fingerprint density at radius 2 is 2.18 bits per heavy atom. The van der Waals surface area contributed by atoms with Crippen LogP contribution in [0.25, 0.3) is 0 Å². The normalized spacial score (nSPS) is 10.3. The summed E-state index contributed by atoms with van der Waals surface area (Å²) < 4.78 is 11.3. The molecule has 4 nitrogen and oxygen atoms in total. The fraction of sp³-hybridized carbons (Fsp3) is 0.417. The summed E-state index contributed by atoms with van der Waals surface area (Å²) >= 11 is 3.45. The quantitative estimate of drug-likeness (QED) is 0.820. The lowest BCUT2D eigenvalue weighted by molar-refractivity contribution is -0.142. The Bertz CT molecular complexity index is 404. The summed E-state index contributed by atoms with van der Waals surface area (Å²) in [6.07, 6.45) is 0.620. The number of aliphatic carboxylic acids is 1. The van der Waals surface area contributed by atoms with Crippen molar-refractivity contribution in [1.82, 2.24) is 0 Å². The highest BCUT2D eigenvalue weighted by Gasteiger charge is 2.07. The molecule has 0 fully saturated rings. The van der Waals surface area contributed by atoms with E-state index in [1.54, 1.807) is 7.11 Å². The summed E-state index contributed by atoms with van der Waals surface area (Å²) in [6.45, 7) is 2.07. The highest BCUT2D eigenvalue weighted by molar-refractivity contribution is 9.10. The summed E-state index contributed by atoms with van der Waals surface area (Å²) in [4.78, 5) is 10.3. The molecule has 0 atom stereocenters. The number of carbonyl (C=O) groups is 1. The van der Waals surface area contributed by atoms with Gasteiger partial charge in [-0.3, -0.25) is 0 Å². The van der Waals surface area contributed by atoms with Crippen LogP contribution >= 0.6 is 15.9 Å². The molecule has 1 aromatic rings. The van der Waals surface area contributed by atoms with E-state index >= 15 is 0 Å². The molecule has 0 saturated heterocycles. The van der Waals surface area contributed by atoms with Crippen molar-refractivity contribution in [2.24, 2.45) is 0 Å². The van der Waals surface area contributed by atoms with Gasteiger partial charge >= 0.3 is 5.97 Å². The van der Waals surface area contributed by atoms with Gasteiger partial charge in [0.15, 0.2) is 0 Å². The molecule has 1 N–H and O–H groups in total. The lowest BCUT2D eigenvalue weighted by Crippen LogP contribution is -2.09. The van der Waals surface area contributed by atoms with E-state index < -0.39 is 5.97 Å². The molecule has 1 rings (SSSR count). The van der Waals surface area contributed by atoms with E-state index in [4.69, 9.17) is 14.6 Å². The first kappa shape index (κ1) is 14.0. The molecule has 0 aromatic heterocycles. The molecule has 94 valence electrons. The Balaban J connectivity index is 2.63. The number of rotatable bonds is 6. The van der Waals surface area contributed by atoms with Gasteiger partial charge in [-0.25, -0.2) is 4.79 Å². The van der Waals surface area contributed by atoms with Gasteiger partial charge < -0.3 is 14.6 Å². The molecule has 0 spiro atoms. The monoisotopic (exact) mass is 302 g/mol. The fourth-order valence-corrected chi connectivity index (χ4v) is 1.81. The van der Waals surface area contributed by atoms with E-state index in [0.29, 0.717) is 13.0 Å². The first-order valence-electron chi connectivity index (χ1n) is 5.17. The Hall–Kier alpha value is -1.07. The van der Waals surface area contributed by atoms with Gasteiger partial charge in [0.25, 0.3) is 0 Å². The largest absolute Gasteiger partial charge is 0.496 e. The van der Waals surface area contributed by atoms with Gasteiger partial charge in [0, 0.05) is 4.47 Å². The van der Waals surface area contributed by atoms with Crippen LogP contribution in [-0.2, 0) is 16.0 Å². The van der Waals surface area contributed by atoms with Gasteiger partial charge in [-0.1, -0.05) is 15.9 Å². The zero-order valence-corrected chi connectivity index (χ0v) is 11.4. The number of carboxylic acid groups (broad SMARTS) is 1. The highest BCUT2D eigenvalue weighted by atomic mass is 79.9. The van der Waals surface area contributed by atoms with Crippen molar-refractivity contribution in [2.45, 2.75) is 13.3 Å². The Morgan fingerprint density at radius 1 is 1.47 bits per heavy atom. The summed E-state index contributed by atoms with van der Waals surface area (Å²) in [7, 11) is 1.62. The average molecular weight is 303 g/mol. The topological polar surface area (TPSA) is 55.8 Å². The summed E-state index contributed by atoms with van der Waals surface area (Å²) in [5, 5.41) is 8.43. The number of ether oxygens (including phenoxy) is 2. The number of benzene rings is 1. The maximum atomic E-state index is 10.3. The summed E-state index contributed by atoms with van der Waals surface area (Å²) in [5.41, 5.74) is 2.09. The number of hydrogen-bond acceptors (Lipinski definition) is 3. The zero-order chi connectivity index (χ0) is 12.8. The first-order chi connectivity index (χ1) is 8.04. The third-order valence-corrected chi connectivity index (χ3v) is 3.16. The Morgan fingerprint density at radius 3 is 2.76 bits per heavy atom. The van der Waals surface area contributed by atoms with Crippen LogP contribution < -0.4 is 4.74 Å². The predicted molar refractivity (Wildman–Crippen MR) is 67.6 cm³/mol. The van der Waals surface area contributed by atoms with Crippen molar-refractivity contribution in [3.63, 3.8) is 0 Å². The highest BCUT2D eigenvalue weighted by Crippen LogP contribution is 2.27. The van der Waals surface area contributed by atoms with Gasteiger partial charge in [-0.15, -0.1) is 0 Å². The van der Waals surface area contributed by atoms with Crippen molar-refractivity contribution < 1.29 is 19.4 Å². The molecular weight excluding hydrogens is 288 g/mol. The molecule has 0 aliphatic rings. The van der Waals surface area contributed by atoms with E-state index in [1.807, 2.05) is 19.1 Å². The van der Waals surface area contributed by atoms with Crippen LogP contribution in [0.4, 0.5) is 0 Å². The van der Waals surface area contributed by atoms with Crippen LogP contribution in [0.1, 0.15) is 11.1 Å². The molecule has 0 radical (unpaired) electrons. The van der Waals surface area contributed by atoms with Gasteiger partial charge in [-0.2, -0.15) is 0 Å². The Labute approximate surface area is 109 Å². The smallest absolute Gasteiger partial charge is 0.329 e. The van der Waals surface area contributed by atoms with E-state index in [-0.39, 0.29) is 6.61 Å². The molecule has 0 amide bonds. The van der Waals surface area contributed by atoms with Gasteiger partial charge in [0.05, 0.1) is 13.7 Å². The second kappa shape index (κ2) is 6.61. The molecule has 1 aromatic carbocycles. The van der Waals surface area contributed by atoms with Crippen LogP contribution in [0.5, 0.6) is 5.75 Å². The third-order valence-electron chi connectivity index (χ3n) is 2.30. The molecule has 5 heteroatoms. The number of halogens is 1. The summed E-state index contributed by atoms with van der Waals surface area (Å²) in [5.74, 6) is -0.160. The second-order valence-electron chi connectivity index (χ2n) is 3.61. The lowest BCUT2D eigenvalue weighted by Gasteiger charge is -2.11. The van der Waals surface area contributed by atoms with Crippen LogP contribution in [0.2, 0.25) is 0 Å². The van der Waals surface area contributed by atoms with Crippen molar-refractivity contribution in [3.8, 4) is 5.75 Å². The summed E-state index contributed by atoms with van der Waals surface area (Å²) in [6, 6.07) is 3.91. The van der Waals surface area contributed by atoms with Gasteiger partial charge in [-0.05, 0) is 36.6 Å². The zero-order valence-electron chi connectivity index (χ0n) is 9.83. The minimum atomic E-state index is -0.956. The van der Waals surface area contributed by atoms with E-state index in [2.05, 4.69) is 15.9 Å². The van der Waals surface area contributed by atoms with Crippen LogP contribution in [0.3, 0.4) is 0 Å². The Kier molecular flexibility index (Phi) is 5.44. The van der Waals surface area contributed by atoms with E-state index in [9.17, 15) is 4.79 Å². The molecule has 0 heterocycles. The SMILES string of the molecule is COc1cc(C)c(Br)cc1CCOCC(=O)O. The maximum absolute atomic E-state index is 10.3. The maximum Gasteiger partial charge on any atom is 0.329 e. The molecule has 17 heavy (non-hydrogen) atoms. The predicted octanol–water partition coefficient (Wildman–Crippen LogP) is 2.41. The number of methoxy groups -OCH3 is 1. The standard InChI is InChI=1S/C12H15BrO4/c1-8-5-11(16-2)9(6-10(8)13)3-4-17-7-12(14)15/h5-6H,3-4,7H2,1-2H3,(H,14,15). The number of hydrogen-bond donors (Lipinski definition) is 1. The second-order valence-corrected chi connectivity index (χ2v) is 4.46. The van der Waals surface area contributed by atoms with E-state index in [1.165, 1.54) is 0 Å². The average Bonchev–Trinajstić information content (AvgIpc) is 2.28. The minimum Gasteiger partial charge on any atom is -0.496 e. The third kappa shape index (κ3) is 4.36. The van der Waals surface area contributed by atoms with Crippen molar-refractivity contribution >= 4 is 21.9 Å². The molecule has 0 bridgehead atoms. The van der Waals surface area contributed by atoms with Crippen molar-refractivity contribution in [1.29, 1.82) is 0 Å². The van der Waals surface area contributed by atoms with Crippen LogP contribution in [-0.4, -0.2) is 31.4 Å².